The van der Waals surface area contributed by atoms with Crippen LogP contribution in [-0.2, 0) is 16.8 Å². The van der Waals surface area contributed by atoms with E-state index in [0.29, 0.717) is 18.0 Å². The second-order valence-corrected chi connectivity index (χ2v) is 9.03. The number of carbonyl (C=O) groups is 1. The highest BCUT2D eigenvalue weighted by atomic mass is 127. The Morgan fingerprint density at radius 3 is 2.59 bits per heavy atom. The molecule has 6 nitrogen and oxygen atoms in total. The Labute approximate surface area is 212 Å². The number of guanidine groups is 1. The van der Waals surface area contributed by atoms with Gasteiger partial charge in [-0.05, 0) is 48.9 Å². The van der Waals surface area contributed by atoms with E-state index in [-0.39, 0.29) is 35.3 Å². The lowest BCUT2D eigenvalue weighted by atomic mass is 9.73. The summed E-state index contributed by atoms with van der Waals surface area (Å²) in [5, 5.41) is 12.0. The Morgan fingerprint density at radius 2 is 1.97 bits per heavy atom. The molecule has 3 rings (SSSR count). The van der Waals surface area contributed by atoms with Crippen molar-refractivity contribution < 1.29 is 9.53 Å². The van der Waals surface area contributed by atoms with Crippen LogP contribution in [0.5, 0.6) is 5.75 Å². The molecular formula is C24H35IN4O2S. The number of thiophene rings is 1. The van der Waals surface area contributed by atoms with Gasteiger partial charge in [0.05, 0.1) is 19.3 Å². The number of halogens is 1. The van der Waals surface area contributed by atoms with Crippen LogP contribution in [0, 0.1) is 0 Å². The van der Waals surface area contributed by atoms with Crippen LogP contribution in [0.15, 0.2) is 40.7 Å². The molecule has 1 aromatic carbocycles. The topological polar surface area (TPSA) is 74.8 Å². The highest BCUT2D eigenvalue weighted by Crippen LogP contribution is 2.41. The molecule has 8 heteroatoms. The summed E-state index contributed by atoms with van der Waals surface area (Å²) in [4.78, 5) is 17.8. The Morgan fingerprint density at radius 1 is 1.19 bits per heavy atom. The monoisotopic (exact) mass is 570 g/mol. The van der Waals surface area contributed by atoms with Crippen LogP contribution < -0.4 is 20.7 Å². The first kappa shape index (κ1) is 26.4. The average molecular weight is 571 g/mol. The maximum Gasteiger partial charge on any atom is 0.221 e. The summed E-state index contributed by atoms with van der Waals surface area (Å²) >= 11 is 1.87. The highest BCUT2D eigenvalue weighted by molar-refractivity contribution is 14.0. The van der Waals surface area contributed by atoms with Crippen LogP contribution in [0.3, 0.4) is 0 Å². The molecule has 0 bridgehead atoms. The summed E-state index contributed by atoms with van der Waals surface area (Å²) < 4.78 is 5.34. The van der Waals surface area contributed by atoms with Crippen LogP contribution in [-0.4, -0.2) is 32.1 Å². The summed E-state index contributed by atoms with van der Waals surface area (Å²) in [6.45, 7) is 5.77. The van der Waals surface area contributed by atoms with E-state index in [1.807, 2.05) is 29.5 Å². The van der Waals surface area contributed by atoms with E-state index in [4.69, 9.17) is 9.73 Å². The molecule has 1 aromatic heterocycles. The number of amides is 1. The van der Waals surface area contributed by atoms with Crippen LogP contribution in [0.1, 0.15) is 56.4 Å². The molecule has 1 saturated carbocycles. The number of nitrogens with zero attached hydrogens (tertiary/aromatic N) is 1. The number of benzene rings is 1. The van der Waals surface area contributed by atoms with E-state index in [0.717, 1.165) is 24.6 Å². The van der Waals surface area contributed by atoms with Gasteiger partial charge >= 0.3 is 0 Å². The van der Waals surface area contributed by atoms with E-state index in [1.54, 1.807) is 7.11 Å². The van der Waals surface area contributed by atoms with Crippen molar-refractivity contribution in [3.05, 3.63) is 46.2 Å². The summed E-state index contributed by atoms with van der Waals surface area (Å²) in [7, 11) is 1.60. The second-order valence-electron chi connectivity index (χ2n) is 8.08. The predicted octanol–water partition coefficient (Wildman–Crippen LogP) is 5.29. The summed E-state index contributed by atoms with van der Waals surface area (Å²) in [6.07, 6.45) is 6.34. The van der Waals surface area contributed by atoms with Crippen molar-refractivity contribution in [2.75, 3.05) is 25.5 Å². The minimum absolute atomic E-state index is 0. The third-order valence-corrected chi connectivity index (χ3v) is 6.90. The molecule has 1 amide bonds. The fourth-order valence-corrected chi connectivity index (χ4v) is 5.21. The van der Waals surface area contributed by atoms with Gasteiger partial charge in [-0.25, -0.2) is 4.99 Å². The number of hydrogen-bond acceptors (Lipinski definition) is 4. The molecule has 32 heavy (non-hydrogen) atoms. The van der Waals surface area contributed by atoms with Crippen molar-refractivity contribution >= 4 is 52.9 Å². The molecule has 0 radical (unpaired) electrons. The molecule has 0 atom stereocenters. The molecule has 1 heterocycles. The molecular weight excluding hydrogens is 535 g/mol. The summed E-state index contributed by atoms with van der Waals surface area (Å²) in [5.74, 6) is 1.34. The van der Waals surface area contributed by atoms with Crippen molar-refractivity contribution in [3.8, 4) is 5.75 Å². The highest BCUT2D eigenvalue weighted by Gasteiger charge is 2.34. The summed E-state index contributed by atoms with van der Waals surface area (Å²) in [5.41, 5.74) is 1.87. The lowest BCUT2D eigenvalue weighted by Crippen LogP contribution is -2.46. The zero-order chi connectivity index (χ0) is 22.1. The Hall–Kier alpha value is -1.81. The molecule has 1 fully saturated rings. The molecule has 176 valence electrons. The van der Waals surface area contributed by atoms with Crippen LogP contribution in [0.2, 0.25) is 0 Å². The van der Waals surface area contributed by atoms with Crippen LogP contribution >= 0.6 is 35.3 Å². The number of ether oxygens (including phenoxy) is 1. The van der Waals surface area contributed by atoms with Gasteiger partial charge in [0.15, 0.2) is 5.96 Å². The molecule has 1 aliphatic carbocycles. The standard InChI is InChI=1S/C24H34N4O2S.HI/c1-4-25-23(26-16-19-10-11-21(30-3)20(15-19)28-18(2)29)27-17-24(12-6-5-7-13-24)22-9-8-14-31-22;/h8-11,14-15H,4-7,12-13,16-17H2,1-3H3,(H,28,29)(H2,25,26,27);1H. The maximum atomic E-state index is 11.5. The van der Waals surface area contributed by atoms with Crippen molar-refractivity contribution in [2.45, 2.75) is 57.9 Å². The van der Waals surface area contributed by atoms with Gasteiger partial charge < -0.3 is 20.7 Å². The van der Waals surface area contributed by atoms with E-state index >= 15 is 0 Å². The fraction of sp³-hybridized carbons (Fsp3) is 0.500. The second kappa shape index (κ2) is 13.0. The SMILES string of the molecule is CCNC(=NCc1ccc(OC)c(NC(C)=O)c1)NCC1(c2cccs2)CCCCC1.I. The largest absolute Gasteiger partial charge is 0.495 e. The van der Waals surface area contributed by atoms with Gasteiger partial charge in [-0.2, -0.15) is 0 Å². The molecule has 0 spiro atoms. The van der Waals surface area contributed by atoms with E-state index in [1.165, 1.54) is 43.9 Å². The minimum Gasteiger partial charge on any atom is -0.495 e. The van der Waals surface area contributed by atoms with Gasteiger partial charge in [-0.15, -0.1) is 35.3 Å². The Balaban J connectivity index is 0.00000363. The van der Waals surface area contributed by atoms with Crippen molar-refractivity contribution in [1.82, 2.24) is 10.6 Å². The Bertz CT molecular complexity index is 880. The number of anilines is 1. The first-order chi connectivity index (χ1) is 15.1. The van der Waals surface area contributed by atoms with E-state index < -0.39 is 0 Å². The average Bonchev–Trinajstić information content (AvgIpc) is 3.32. The number of nitrogens with one attached hydrogen (secondary N) is 3. The molecule has 2 aromatic rings. The van der Waals surface area contributed by atoms with Gasteiger partial charge in [-0.3, -0.25) is 4.79 Å². The molecule has 0 saturated heterocycles. The van der Waals surface area contributed by atoms with Gasteiger partial charge in [0.2, 0.25) is 5.91 Å². The quantitative estimate of drug-likeness (QED) is 0.229. The number of rotatable bonds is 8. The molecule has 0 aliphatic heterocycles. The molecule has 1 aliphatic rings. The normalized spacial score (nSPS) is 15.4. The van der Waals surface area contributed by atoms with Crippen molar-refractivity contribution in [1.29, 1.82) is 0 Å². The first-order valence-corrected chi connectivity index (χ1v) is 11.9. The molecule has 0 unspecified atom stereocenters. The predicted molar refractivity (Wildman–Crippen MR) is 145 cm³/mol. The third-order valence-electron chi connectivity index (χ3n) is 5.79. The van der Waals surface area contributed by atoms with Gasteiger partial charge in [-0.1, -0.05) is 31.4 Å². The first-order valence-electron chi connectivity index (χ1n) is 11.1. The lowest BCUT2D eigenvalue weighted by Gasteiger charge is -2.37. The smallest absolute Gasteiger partial charge is 0.221 e. The van der Waals surface area contributed by atoms with Crippen molar-refractivity contribution in [2.24, 2.45) is 4.99 Å². The van der Waals surface area contributed by atoms with Crippen molar-refractivity contribution in [3.63, 3.8) is 0 Å². The summed E-state index contributed by atoms with van der Waals surface area (Å²) in [6, 6.07) is 10.2. The fourth-order valence-electron chi connectivity index (χ4n) is 4.23. The maximum absolute atomic E-state index is 11.5. The van der Waals surface area contributed by atoms with E-state index in [2.05, 4.69) is 40.4 Å². The van der Waals surface area contributed by atoms with Gasteiger partial charge in [0.1, 0.15) is 5.75 Å². The zero-order valence-electron chi connectivity index (χ0n) is 19.2. The number of carbonyl (C=O) groups excluding carboxylic acids is 1. The Kier molecular flexibility index (Phi) is 10.8. The van der Waals surface area contributed by atoms with Crippen LogP contribution in [0.25, 0.3) is 0 Å². The zero-order valence-corrected chi connectivity index (χ0v) is 22.3. The number of aliphatic imine (C=N–C) groups is 1. The van der Waals surface area contributed by atoms with Crippen LogP contribution in [0.4, 0.5) is 5.69 Å². The third kappa shape index (κ3) is 7.10. The van der Waals surface area contributed by atoms with E-state index in [9.17, 15) is 4.79 Å². The molecule has 3 N–H and O–H groups in total. The minimum atomic E-state index is -0.125. The number of hydrogen-bond donors (Lipinski definition) is 3. The van der Waals surface area contributed by atoms with Gasteiger partial charge in [0.25, 0.3) is 0 Å². The lowest BCUT2D eigenvalue weighted by molar-refractivity contribution is -0.114. The number of methoxy groups -OCH3 is 1. The van der Waals surface area contributed by atoms with Gasteiger partial charge in [0, 0.05) is 30.3 Å².